The lowest BCUT2D eigenvalue weighted by atomic mass is 10.1. The number of aryl methyl sites for hydroxylation is 2. The minimum Gasteiger partial charge on any atom is -0.337 e. The maximum Gasteiger partial charge on any atom is 0.336 e. The molecule has 33 heavy (non-hydrogen) atoms. The molecule has 0 aliphatic carbocycles. The van der Waals surface area contributed by atoms with E-state index in [4.69, 9.17) is 16.1 Å². The van der Waals surface area contributed by atoms with Gasteiger partial charge in [0.2, 0.25) is 11.7 Å². The first-order chi connectivity index (χ1) is 15.9. The van der Waals surface area contributed by atoms with E-state index in [0.717, 1.165) is 11.1 Å². The number of rotatable bonds is 4. The number of hydrogen-bond acceptors (Lipinski definition) is 5. The van der Waals surface area contributed by atoms with Gasteiger partial charge in [-0.3, -0.25) is 9.36 Å². The van der Waals surface area contributed by atoms with Crippen molar-refractivity contribution in [2.75, 3.05) is 0 Å². The summed E-state index contributed by atoms with van der Waals surface area (Å²) in [7, 11) is 0. The lowest BCUT2D eigenvalue weighted by molar-refractivity contribution is 0.370. The summed E-state index contributed by atoms with van der Waals surface area (Å²) in [4.78, 5) is 31.3. The highest BCUT2D eigenvalue weighted by Gasteiger charge is 2.18. The summed E-state index contributed by atoms with van der Waals surface area (Å²) in [6.07, 6.45) is 0. The van der Waals surface area contributed by atoms with E-state index >= 15 is 0 Å². The summed E-state index contributed by atoms with van der Waals surface area (Å²) in [5.74, 6) is 0.554. The van der Waals surface area contributed by atoms with Gasteiger partial charge in [-0.05, 0) is 61.4 Å². The SMILES string of the molecule is Cc1cc(C)cc(-n2c(=O)c3ccccc3n(Cc3nc(-c4ccccc4Cl)no3)c2=O)c1. The third kappa shape index (κ3) is 3.76. The molecule has 3 aromatic carbocycles. The lowest BCUT2D eigenvalue weighted by Gasteiger charge is -2.13. The lowest BCUT2D eigenvalue weighted by Crippen LogP contribution is -2.39. The molecule has 0 saturated carbocycles. The summed E-state index contributed by atoms with van der Waals surface area (Å²) >= 11 is 6.25. The molecular formula is C25H19ClN4O3. The van der Waals surface area contributed by atoms with Gasteiger partial charge < -0.3 is 4.52 Å². The van der Waals surface area contributed by atoms with Crippen molar-refractivity contribution < 1.29 is 4.52 Å². The predicted molar refractivity (Wildman–Crippen MR) is 127 cm³/mol. The van der Waals surface area contributed by atoms with Crippen molar-refractivity contribution in [3.8, 4) is 17.1 Å². The Kier molecular flexibility index (Phi) is 5.18. The van der Waals surface area contributed by atoms with Gasteiger partial charge in [-0.25, -0.2) is 9.36 Å². The van der Waals surface area contributed by atoms with Gasteiger partial charge in [-0.1, -0.05) is 47.1 Å². The number of benzene rings is 3. The highest BCUT2D eigenvalue weighted by Crippen LogP contribution is 2.25. The molecule has 0 aliphatic heterocycles. The van der Waals surface area contributed by atoms with Gasteiger partial charge in [0.15, 0.2) is 0 Å². The van der Waals surface area contributed by atoms with Crippen LogP contribution in [0.25, 0.3) is 28.0 Å². The number of nitrogens with zero attached hydrogens (tertiary/aromatic N) is 4. The van der Waals surface area contributed by atoms with Gasteiger partial charge in [0.25, 0.3) is 5.56 Å². The van der Waals surface area contributed by atoms with Crippen molar-refractivity contribution in [3.63, 3.8) is 0 Å². The van der Waals surface area contributed by atoms with Crippen molar-refractivity contribution in [1.82, 2.24) is 19.3 Å². The predicted octanol–water partition coefficient (Wildman–Crippen LogP) is 4.52. The van der Waals surface area contributed by atoms with Crippen LogP contribution >= 0.6 is 11.6 Å². The minimum atomic E-state index is -0.485. The maximum atomic E-state index is 13.6. The van der Waals surface area contributed by atoms with E-state index in [2.05, 4.69) is 10.1 Å². The Morgan fingerprint density at radius 2 is 1.64 bits per heavy atom. The normalized spacial score (nSPS) is 11.2. The second-order valence-corrected chi connectivity index (χ2v) is 8.27. The summed E-state index contributed by atoms with van der Waals surface area (Å²) in [6.45, 7) is 3.85. The van der Waals surface area contributed by atoms with Gasteiger partial charge in [-0.2, -0.15) is 4.98 Å². The Morgan fingerprint density at radius 3 is 2.39 bits per heavy atom. The van der Waals surface area contributed by atoms with E-state index in [-0.39, 0.29) is 18.0 Å². The van der Waals surface area contributed by atoms with Crippen molar-refractivity contribution >= 4 is 22.5 Å². The van der Waals surface area contributed by atoms with E-state index in [0.29, 0.717) is 33.0 Å². The zero-order valence-corrected chi connectivity index (χ0v) is 18.7. The Bertz CT molecular complexity index is 1610. The van der Waals surface area contributed by atoms with Crippen LogP contribution < -0.4 is 11.2 Å². The molecule has 0 radical (unpaired) electrons. The molecule has 0 unspecified atom stereocenters. The van der Waals surface area contributed by atoms with E-state index in [9.17, 15) is 9.59 Å². The first-order valence-corrected chi connectivity index (χ1v) is 10.7. The van der Waals surface area contributed by atoms with Crippen LogP contribution in [0.5, 0.6) is 0 Å². The Morgan fingerprint density at radius 1 is 0.939 bits per heavy atom. The van der Waals surface area contributed by atoms with Gasteiger partial charge in [0, 0.05) is 5.56 Å². The van der Waals surface area contributed by atoms with Crippen LogP contribution in [0.3, 0.4) is 0 Å². The van der Waals surface area contributed by atoms with Crippen molar-refractivity contribution in [1.29, 1.82) is 0 Å². The molecule has 5 aromatic rings. The molecule has 0 N–H and O–H groups in total. The average molecular weight is 459 g/mol. The third-order valence-electron chi connectivity index (χ3n) is 5.39. The number of para-hydroxylation sites is 1. The molecule has 8 heteroatoms. The quantitative estimate of drug-likeness (QED) is 0.395. The van der Waals surface area contributed by atoms with E-state index in [1.165, 1.54) is 9.13 Å². The zero-order valence-electron chi connectivity index (χ0n) is 17.9. The van der Waals surface area contributed by atoms with Crippen LogP contribution in [0, 0.1) is 13.8 Å². The molecule has 0 atom stereocenters. The molecule has 0 saturated heterocycles. The number of aromatic nitrogens is 4. The summed E-state index contributed by atoms with van der Waals surface area (Å²) in [5.41, 5.74) is 2.69. The van der Waals surface area contributed by atoms with Crippen molar-refractivity contribution in [2.45, 2.75) is 20.4 Å². The van der Waals surface area contributed by atoms with Crippen LogP contribution in [-0.4, -0.2) is 19.3 Å². The topological polar surface area (TPSA) is 82.9 Å². The smallest absolute Gasteiger partial charge is 0.336 e. The van der Waals surface area contributed by atoms with Crippen molar-refractivity contribution in [3.05, 3.63) is 110 Å². The maximum absolute atomic E-state index is 13.6. The van der Waals surface area contributed by atoms with E-state index in [1.807, 2.05) is 44.2 Å². The molecule has 7 nitrogen and oxygen atoms in total. The molecule has 0 spiro atoms. The first-order valence-electron chi connectivity index (χ1n) is 10.3. The second-order valence-electron chi connectivity index (χ2n) is 7.86. The third-order valence-corrected chi connectivity index (χ3v) is 5.72. The molecule has 0 aliphatic rings. The molecule has 2 heterocycles. The summed E-state index contributed by atoms with van der Waals surface area (Å²) in [5, 5.41) is 4.93. The highest BCUT2D eigenvalue weighted by atomic mass is 35.5. The molecule has 164 valence electrons. The van der Waals surface area contributed by atoms with Gasteiger partial charge in [0.1, 0.15) is 6.54 Å². The fourth-order valence-corrected chi connectivity index (χ4v) is 4.21. The monoisotopic (exact) mass is 458 g/mol. The van der Waals surface area contributed by atoms with Crippen LogP contribution in [0.15, 0.2) is 80.8 Å². The minimum absolute atomic E-state index is 0.00186. The highest BCUT2D eigenvalue weighted by molar-refractivity contribution is 6.33. The largest absolute Gasteiger partial charge is 0.337 e. The van der Waals surface area contributed by atoms with Crippen molar-refractivity contribution in [2.24, 2.45) is 0 Å². The fourth-order valence-electron chi connectivity index (χ4n) is 3.99. The Labute approximate surface area is 193 Å². The van der Waals surface area contributed by atoms with Gasteiger partial charge in [0.05, 0.1) is 21.6 Å². The summed E-state index contributed by atoms with van der Waals surface area (Å²) < 4.78 is 8.09. The second kappa shape index (κ2) is 8.18. The number of halogens is 1. The fraction of sp³-hybridized carbons (Fsp3) is 0.120. The molecule has 0 fully saturated rings. The van der Waals surface area contributed by atoms with Crippen LogP contribution in [0.2, 0.25) is 5.02 Å². The first kappa shape index (κ1) is 20.9. The van der Waals surface area contributed by atoms with Gasteiger partial charge >= 0.3 is 5.69 Å². The molecule has 0 amide bonds. The van der Waals surface area contributed by atoms with E-state index < -0.39 is 5.69 Å². The van der Waals surface area contributed by atoms with Gasteiger partial charge in [-0.15, -0.1) is 0 Å². The molecule has 0 bridgehead atoms. The van der Waals surface area contributed by atoms with E-state index in [1.54, 1.807) is 36.4 Å². The summed E-state index contributed by atoms with van der Waals surface area (Å²) in [6, 6.07) is 19.8. The molecular weight excluding hydrogens is 440 g/mol. The standard InChI is InChI=1S/C25H19ClN4O3/c1-15-11-16(2)13-17(12-15)30-24(31)19-8-4-6-10-21(19)29(25(30)32)14-22-27-23(28-33-22)18-7-3-5-9-20(18)26/h3-13H,14H2,1-2H3. The van der Waals surface area contributed by atoms with Crippen LogP contribution in [0.4, 0.5) is 0 Å². The molecule has 2 aromatic heterocycles. The Balaban J connectivity index is 1.69. The van der Waals surface area contributed by atoms with Crippen LogP contribution in [-0.2, 0) is 6.54 Å². The average Bonchev–Trinajstić information content (AvgIpc) is 3.25. The Hall–Kier alpha value is -3.97. The number of fused-ring (bicyclic) bond motifs is 1. The zero-order chi connectivity index (χ0) is 23.1. The number of hydrogen-bond donors (Lipinski definition) is 0. The van der Waals surface area contributed by atoms with Crippen LogP contribution in [0.1, 0.15) is 17.0 Å². The molecule has 5 rings (SSSR count).